The quantitative estimate of drug-likeness (QED) is 0.0693. The SMILES string of the molecule is COc1cc(/C=C/C(=O)c2cccc([N+](=O)[O-])c2)cc(OC)c1.COc1cc(/C=C/C(=O)c2cccc([N+](=O)[O-])c2)cc(OC)c1. The summed E-state index contributed by atoms with van der Waals surface area (Å²) >= 11 is 0. The molecule has 0 aliphatic rings. The van der Waals surface area contributed by atoms with Crippen LogP contribution >= 0.6 is 0 Å². The largest absolute Gasteiger partial charge is 0.497 e. The molecule has 12 nitrogen and oxygen atoms in total. The summed E-state index contributed by atoms with van der Waals surface area (Å²) in [7, 11) is 6.15. The maximum atomic E-state index is 12.1. The van der Waals surface area contributed by atoms with Crippen molar-refractivity contribution < 1.29 is 38.4 Å². The maximum Gasteiger partial charge on any atom is 0.270 e. The standard InChI is InChI=1S/2C17H15NO5/c2*1-22-15-8-12(9-16(11-15)23-2)6-7-17(19)13-4-3-5-14(10-13)18(20)21/h2*3-11H,1-2H3/b2*7-6+. The number of methoxy groups -OCH3 is 4. The molecule has 236 valence electrons. The van der Waals surface area contributed by atoms with E-state index in [4.69, 9.17) is 18.9 Å². The number of benzene rings is 4. The van der Waals surface area contributed by atoms with Crippen LogP contribution in [0.2, 0.25) is 0 Å². The van der Waals surface area contributed by atoms with Crippen LogP contribution in [0.3, 0.4) is 0 Å². The smallest absolute Gasteiger partial charge is 0.270 e. The summed E-state index contributed by atoms with van der Waals surface area (Å²) < 4.78 is 20.6. The van der Waals surface area contributed by atoms with Gasteiger partial charge in [0, 0.05) is 47.5 Å². The van der Waals surface area contributed by atoms with Crippen molar-refractivity contribution in [3.8, 4) is 23.0 Å². The Kier molecular flexibility index (Phi) is 12.3. The minimum Gasteiger partial charge on any atom is -0.497 e. The zero-order valence-corrected chi connectivity index (χ0v) is 25.4. The molecule has 0 heterocycles. The first-order valence-electron chi connectivity index (χ1n) is 13.5. The molecule has 0 aliphatic carbocycles. The monoisotopic (exact) mass is 626 g/mol. The lowest BCUT2D eigenvalue weighted by Gasteiger charge is -2.05. The average molecular weight is 627 g/mol. The molecule has 0 saturated heterocycles. The van der Waals surface area contributed by atoms with Crippen molar-refractivity contribution in [1.82, 2.24) is 0 Å². The number of carbonyl (C=O) groups excluding carboxylic acids is 2. The van der Waals surface area contributed by atoms with Crippen LogP contribution in [0.4, 0.5) is 11.4 Å². The normalized spacial score (nSPS) is 10.5. The van der Waals surface area contributed by atoms with Crippen LogP contribution in [-0.4, -0.2) is 49.9 Å². The molecule has 46 heavy (non-hydrogen) atoms. The topological polar surface area (TPSA) is 157 Å². The highest BCUT2D eigenvalue weighted by atomic mass is 16.6. The Labute approximate surface area is 264 Å². The van der Waals surface area contributed by atoms with Crippen LogP contribution in [-0.2, 0) is 0 Å². The molecular formula is C34H30N2O10. The molecule has 12 heteroatoms. The van der Waals surface area contributed by atoms with E-state index in [-0.39, 0.29) is 34.1 Å². The number of hydrogen-bond donors (Lipinski definition) is 0. The number of nitro benzene ring substituents is 2. The van der Waals surface area contributed by atoms with E-state index in [1.807, 2.05) is 0 Å². The summed E-state index contributed by atoms with van der Waals surface area (Å²) in [6, 6.07) is 21.6. The predicted molar refractivity (Wildman–Crippen MR) is 172 cm³/mol. The van der Waals surface area contributed by atoms with Gasteiger partial charge in [-0.25, -0.2) is 0 Å². The van der Waals surface area contributed by atoms with Crippen molar-refractivity contribution in [2.45, 2.75) is 0 Å². The van der Waals surface area contributed by atoms with Gasteiger partial charge in [-0.1, -0.05) is 36.4 Å². The average Bonchev–Trinajstić information content (AvgIpc) is 3.09. The van der Waals surface area contributed by atoms with Gasteiger partial charge in [-0.3, -0.25) is 29.8 Å². The lowest BCUT2D eigenvalue weighted by atomic mass is 10.1. The molecule has 0 saturated carbocycles. The first kappa shape index (κ1) is 34.2. The molecule has 0 atom stereocenters. The molecule has 4 aromatic rings. The molecule has 0 radical (unpaired) electrons. The Morgan fingerprint density at radius 3 is 1.15 bits per heavy atom. The summed E-state index contributed by atoms with van der Waals surface area (Å²) in [6.45, 7) is 0. The zero-order valence-electron chi connectivity index (χ0n) is 25.4. The van der Waals surface area contributed by atoms with Gasteiger partial charge in [0.1, 0.15) is 23.0 Å². The second kappa shape index (κ2) is 16.5. The summed E-state index contributed by atoms with van der Waals surface area (Å²) in [6.07, 6.45) is 5.92. The van der Waals surface area contributed by atoms with Gasteiger partial charge in [0.25, 0.3) is 11.4 Å². The number of rotatable bonds is 12. The summed E-state index contributed by atoms with van der Waals surface area (Å²) in [5.74, 6) is 1.77. The van der Waals surface area contributed by atoms with Crippen molar-refractivity contribution >= 4 is 35.1 Å². The minimum atomic E-state index is -0.534. The summed E-state index contributed by atoms with van der Waals surface area (Å²) in [5.41, 5.74) is 1.72. The van der Waals surface area contributed by atoms with Crippen LogP contribution in [0.25, 0.3) is 12.2 Å². The van der Waals surface area contributed by atoms with Crippen molar-refractivity contribution in [2.75, 3.05) is 28.4 Å². The van der Waals surface area contributed by atoms with Crippen molar-refractivity contribution in [3.05, 3.63) is 140 Å². The number of ketones is 2. The van der Waals surface area contributed by atoms with E-state index in [9.17, 15) is 29.8 Å². The van der Waals surface area contributed by atoms with Crippen molar-refractivity contribution in [2.24, 2.45) is 0 Å². The number of hydrogen-bond acceptors (Lipinski definition) is 10. The van der Waals surface area contributed by atoms with Crippen LogP contribution < -0.4 is 18.9 Å². The van der Waals surface area contributed by atoms with Crippen LogP contribution in [0.15, 0.2) is 97.1 Å². The van der Waals surface area contributed by atoms with E-state index < -0.39 is 9.85 Å². The molecule has 0 bridgehead atoms. The first-order chi connectivity index (χ1) is 22.1. The van der Waals surface area contributed by atoms with Gasteiger partial charge in [0.2, 0.25) is 0 Å². The molecular weight excluding hydrogens is 596 g/mol. The fourth-order valence-electron chi connectivity index (χ4n) is 3.93. The Morgan fingerprint density at radius 1 is 0.543 bits per heavy atom. The Morgan fingerprint density at radius 2 is 0.870 bits per heavy atom. The third-order valence-corrected chi connectivity index (χ3v) is 6.28. The molecule has 0 unspecified atom stereocenters. The molecule has 0 amide bonds. The van der Waals surface area contributed by atoms with Gasteiger partial charge in [0.15, 0.2) is 11.6 Å². The maximum absolute atomic E-state index is 12.1. The summed E-state index contributed by atoms with van der Waals surface area (Å²) in [5, 5.41) is 21.5. The second-order valence-corrected chi connectivity index (χ2v) is 9.30. The highest BCUT2D eigenvalue weighted by Gasteiger charge is 2.11. The number of nitro groups is 2. The number of nitrogens with zero attached hydrogens (tertiary/aromatic N) is 2. The van der Waals surface area contributed by atoms with Crippen LogP contribution in [0.5, 0.6) is 23.0 Å². The van der Waals surface area contributed by atoms with E-state index in [0.717, 1.165) is 11.1 Å². The number of ether oxygens (including phenoxy) is 4. The van der Waals surface area contributed by atoms with Gasteiger partial charge in [-0.05, 0) is 47.5 Å². The Balaban J connectivity index is 0.000000250. The van der Waals surface area contributed by atoms with Gasteiger partial charge in [-0.15, -0.1) is 0 Å². The molecule has 0 fully saturated rings. The lowest BCUT2D eigenvalue weighted by molar-refractivity contribution is -0.385. The Hall–Kier alpha value is -6.30. The molecule has 0 N–H and O–H groups in total. The molecule has 4 aromatic carbocycles. The van der Waals surface area contributed by atoms with E-state index >= 15 is 0 Å². The van der Waals surface area contributed by atoms with Crippen LogP contribution in [0.1, 0.15) is 31.8 Å². The van der Waals surface area contributed by atoms with E-state index in [1.165, 1.54) is 89.1 Å². The van der Waals surface area contributed by atoms with Crippen LogP contribution in [0, 0.1) is 20.2 Å². The second-order valence-electron chi connectivity index (χ2n) is 9.30. The number of allylic oxidation sites excluding steroid dienone is 2. The highest BCUT2D eigenvalue weighted by Crippen LogP contribution is 2.25. The van der Waals surface area contributed by atoms with E-state index in [1.54, 1.807) is 48.6 Å². The highest BCUT2D eigenvalue weighted by molar-refractivity contribution is 6.07. The molecule has 0 aromatic heterocycles. The fourth-order valence-corrected chi connectivity index (χ4v) is 3.93. The third-order valence-electron chi connectivity index (χ3n) is 6.28. The van der Waals surface area contributed by atoms with Gasteiger partial charge < -0.3 is 18.9 Å². The molecule has 4 rings (SSSR count). The van der Waals surface area contributed by atoms with Crippen molar-refractivity contribution in [1.29, 1.82) is 0 Å². The fraction of sp³-hybridized carbons (Fsp3) is 0.118. The van der Waals surface area contributed by atoms with E-state index in [0.29, 0.717) is 23.0 Å². The van der Waals surface area contributed by atoms with Gasteiger partial charge >= 0.3 is 0 Å². The number of carbonyl (C=O) groups is 2. The van der Waals surface area contributed by atoms with Crippen molar-refractivity contribution in [3.63, 3.8) is 0 Å². The zero-order chi connectivity index (χ0) is 33.6. The van der Waals surface area contributed by atoms with Gasteiger partial charge in [0.05, 0.1) is 38.3 Å². The minimum absolute atomic E-state index is 0.118. The number of non-ortho nitro benzene ring substituents is 2. The predicted octanol–water partition coefficient (Wildman–Crippen LogP) is 7.02. The first-order valence-corrected chi connectivity index (χ1v) is 13.5. The third kappa shape index (κ3) is 9.88. The summed E-state index contributed by atoms with van der Waals surface area (Å²) in [4.78, 5) is 44.7. The Bertz CT molecular complexity index is 1620. The van der Waals surface area contributed by atoms with Gasteiger partial charge in [-0.2, -0.15) is 0 Å². The van der Waals surface area contributed by atoms with E-state index in [2.05, 4.69) is 0 Å². The lowest BCUT2D eigenvalue weighted by Crippen LogP contribution is -1.96. The molecule has 0 spiro atoms. The molecule has 0 aliphatic heterocycles.